The Labute approximate surface area is 105 Å². The number of rotatable bonds is 1. The summed E-state index contributed by atoms with van der Waals surface area (Å²) in [5.41, 5.74) is 4.23. The maximum atomic E-state index is 4.34. The fourth-order valence-electron chi connectivity index (χ4n) is 1.70. The van der Waals surface area contributed by atoms with Crippen LogP contribution in [0.15, 0.2) is 46.9 Å². The number of fused-ring (bicyclic) bond motifs is 1. The molecule has 0 amide bonds. The second-order valence-corrected chi connectivity index (χ2v) is 4.89. The molecule has 4 heteroatoms. The van der Waals surface area contributed by atoms with Gasteiger partial charge in [-0.3, -0.25) is 0 Å². The molecule has 0 aliphatic carbocycles. The van der Waals surface area contributed by atoms with Crippen LogP contribution in [0.2, 0.25) is 0 Å². The number of aromatic nitrogens is 2. The van der Waals surface area contributed by atoms with E-state index < -0.39 is 0 Å². The first-order valence-corrected chi connectivity index (χ1v) is 6.34. The van der Waals surface area contributed by atoms with Crippen LogP contribution in [0.4, 0.5) is 0 Å². The summed E-state index contributed by atoms with van der Waals surface area (Å²) < 4.78 is 9.66. The third-order valence-electron chi connectivity index (χ3n) is 2.42. The predicted octanol–water partition coefficient (Wildman–Crippen LogP) is 4.12. The topological polar surface area (TPSA) is 25.8 Å². The molecule has 0 radical (unpaired) electrons. The van der Waals surface area contributed by atoms with Crippen LogP contribution in [-0.2, 0) is 0 Å². The molecule has 0 bridgehead atoms. The monoisotopic (exact) mass is 290 g/mol. The van der Waals surface area contributed by atoms with E-state index in [-0.39, 0.29) is 0 Å². The quantitative estimate of drug-likeness (QED) is 0.674. The fourth-order valence-corrected chi connectivity index (χ4v) is 2.64. The highest BCUT2D eigenvalue weighted by Gasteiger charge is 2.06. The zero-order valence-corrected chi connectivity index (χ0v) is 10.6. The summed E-state index contributed by atoms with van der Waals surface area (Å²) in [6, 6.07) is 14.3. The number of nitrogens with zero attached hydrogens (tertiary/aromatic N) is 2. The summed E-state index contributed by atoms with van der Waals surface area (Å²) in [6.45, 7) is 0. The Balaban J connectivity index is 2.29. The van der Waals surface area contributed by atoms with Gasteiger partial charge in [-0.2, -0.15) is 8.75 Å². The zero-order valence-electron chi connectivity index (χ0n) is 8.22. The van der Waals surface area contributed by atoms with Gasteiger partial charge in [0.2, 0.25) is 0 Å². The Morgan fingerprint density at radius 2 is 1.88 bits per heavy atom. The Kier molecular flexibility index (Phi) is 2.46. The van der Waals surface area contributed by atoms with Gasteiger partial charge in [-0.15, -0.1) is 0 Å². The molecule has 3 rings (SSSR count). The van der Waals surface area contributed by atoms with Gasteiger partial charge in [0.15, 0.2) is 0 Å². The van der Waals surface area contributed by atoms with Crippen molar-refractivity contribution in [1.29, 1.82) is 0 Å². The Morgan fingerprint density at radius 3 is 2.75 bits per heavy atom. The normalized spacial score (nSPS) is 10.8. The highest BCUT2D eigenvalue weighted by molar-refractivity contribution is 9.10. The van der Waals surface area contributed by atoms with Crippen molar-refractivity contribution in [2.45, 2.75) is 0 Å². The van der Waals surface area contributed by atoms with E-state index in [0.717, 1.165) is 26.6 Å². The van der Waals surface area contributed by atoms with E-state index in [1.54, 1.807) is 0 Å². The lowest BCUT2D eigenvalue weighted by Crippen LogP contribution is -1.80. The molecule has 1 heterocycles. The lowest BCUT2D eigenvalue weighted by Gasteiger charge is -2.02. The van der Waals surface area contributed by atoms with Crippen molar-refractivity contribution in [3.8, 4) is 11.1 Å². The van der Waals surface area contributed by atoms with Crippen LogP contribution in [0.1, 0.15) is 0 Å². The lowest BCUT2D eigenvalue weighted by atomic mass is 10.0. The minimum Gasteiger partial charge on any atom is -0.173 e. The third-order valence-corrected chi connectivity index (χ3v) is 3.46. The van der Waals surface area contributed by atoms with E-state index >= 15 is 0 Å². The van der Waals surface area contributed by atoms with E-state index in [0.29, 0.717) is 0 Å². The van der Waals surface area contributed by atoms with Crippen molar-refractivity contribution in [3.05, 3.63) is 46.9 Å². The third kappa shape index (κ3) is 1.64. The van der Waals surface area contributed by atoms with Gasteiger partial charge in [-0.25, -0.2) is 0 Å². The summed E-state index contributed by atoms with van der Waals surface area (Å²) in [4.78, 5) is 0. The fraction of sp³-hybridized carbons (Fsp3) is 0. The lowest BCUT2D eigenvalue weighted by molar-refractivity contribution is 1.58. The van der Waals surface area contributed by atoms with Gasteiger partial charge in [0.05, 0.1) is 11.7 Å². The second kappa shape index (κ2) is 3.96. The smallest absolute Gasteiger partial charge is 0.112 e. The van der Waals surface area contributed by atoms with Crippen molar-refractivity contribution < 1.29 is 0 Å². The predicted molar refractivity (Wildman–Crippen MR) is 70.6 cm³/mol. The Bertz CT molecular complexity index is 648. The average Bonchev–Trinajstić information content (AvgIpc) is 2.76. The van der Waals surface area contributed by atoms with Gasteiger partial charge in [0, 0.05) is 10.0 Å². The van der Waals surface area contributed by atoms with Crippen LogP contribution in [0, 0.1) is 0 Å². The molecule has 2 nitrogen and oxygen atoms in total. The average molecular weight is 291 g/mol. The van der Waals surface area contributed by atoms with Gasteiger partial charge in [-0.05, 0) is 23.8 Å². The molecule has 1 aromatic heterocycles. The van der Waals surface area contributed by atoms with Crippen molar-refractivity contribution in [1.82, 2.24) is 8.75 Å². The van der Waals surface area contributed by atoms with Gasteiger partial charge in [0.1, 0.15) is 11.0 Å². The highest BCUT2D eigenvalue weighted by Crippen LogP contribution is 2.28. The zero-order chi connectivity index (χ0) is 11.0. The molecule has 16 heavy (non-hydrogen) atoms. The second-order valence-electron chi connectivity index (χ2n) is 3.45. The summed E-state index contributed by atoms with van der Waals surface area (Å²) in [5.74, 6) is 0. The van der Waals surface area contributed by atoms with E-state index in [2.05, 4.69) is 42.9 Å². The van der Waals surface area contributed by atoms with Crippen LogP contribution in [0.25, 0.3) is 22.2 Å². The molecule has 3 aromatic rings. The van der Waals surface area contributed by atoms with Gasteiger partial charge < -0.3 is 0 Å². The summed E-state index contributed by atoms with van der Waals surface area (Å²) in [7, 11) is 0. The van der Waals surface area contributed by atoms with Crippen LogP contribution < -0.4 is 0 Å². The molecule has 0 saturated carbocycles. The first-order valence-electron chi connectivity index (χ1n) is 4.82. The molecule has 0 fully saturated rings. The summed E-state index contributed by atoms with van der Waals surface area (Å²) in [6.07, 6.45) is 0. The number of hydrogen-bond acceptors (Lipinski definition) is 3. The first-order chi connectivity index (χ1) is 7.84. The van der Waals surface area contributed by atoms with Crippen LogP contribution >= 0.6 is 27.7 Å². The van der Waals surface area contributed by atoms with Gasteiger partial charge >= 0.3 is 0 Å². The van der Waals surface area contributed by atoms with Gasteiger partial charge in [0.25, 0.3) is 0 Å². The van der Waals surface area contributed by atoms with E-state index in [4.69, 9.17) is 0 Å². The molecular formula is C12H7BrN2S. The molecular weight excluding hydrogens is 284 g/mol. The molecule has 0 aliphatic rings. The highest BCUT2D eigenvalue weighted by atomic mass is 79.9. The summed E-state index contributed by atoms with van der Waals surface area (Å²) >= 11 is 4.73. The van der Waals surface area contributed by atoms with E-state index in [1.165, 1.54) is 11.7 Å². The van der Waals surface area contributed by atoms with Crippen molar-refractivity contribution in [2.24, 2.45) is 0 Å². The molecule has 78 valence electrons. The molecule has 0 N–H and O–H groups in total. The molecule has 0 atom stereocenters. The maximum absolute atomic E-state index is 4.34. The minimum atomic E-state index is 0.961. The largest absolute Gasteiger partial charge is 0.173 e. The van der Waals surface area contributed by atoms with Crippen LogP contribution in [-0.4, -0.2) is 8.75 Å². The van der Waals surface area contributed by atoms with Crippen molar-refractivity contribution in [2.75, 3.05) is 0 Å². The standard InChI is InChI=1S/C12H7BrN2S/c13-9-4-1-3-8(7-9)10-5-2-6-11-12(10)15-16-14-11/h1-7H. The first kappa shape index (κ1) is 9.93. The molecule has 2 aromatic carbocycles. The minimum absolute atomic E-state index is 0.961. The Hall–Kier alpha value is -1.26. The number of benzene rings is 2. The van der Waals surface area contributed by atoms with Gasteiger partial charge in [-0.1, -0.05) is 40.2 Å². The van der Waals surface area contributed by atoms with Crippen LogP contribution in [0.3, 0.4) is 0 Å². The molecule has 0 aliphatic heterocycles. The van der Waals surface area contributed by atoms with Crippen molar-refractivity contribution >= 4 is 38.7 Å². The van der Waals surface area contributed by atoms with E-state index in [1.807, 2.05) is 24.3 Å². The Morgan fingerprint density at radius 1 is 1.00 bits per heavy atom. The summed E-state index contributed by atoms with van der Waals surface area (Å²) in [5, 5.41) is 0. The SMILES string of the molecule is Brc1cccc(-c2cccc3nsnc23)c1. The van der Waals surface area contributed by atoms with Crippen LogP contribution in [0.5, 0.6) is 0 Å². The van der Waals surface area contributed by atoms with E-state index in [9.17, 15) is 0 Å². The molecule has 0 unspecified atom stereocenters. The number of hydrogen-bond donors (Lipinski definition) is 0. The molecule has 0 saturated heterocycles. The molecule has 0 spiro atoms. The number of halogens is 1. The maximum Gasteiger partial charge on any atom is 0.112 e. The van der Waals surface area contributed by atoms with Crippen molar-refractivity contribution in [3.63, 3.8) is 0 Å².